The van der Waals surface area contributed by atoms with E-state index in [9.17, 15) is 4.79 Å². The van der Waals surface area contributed by atoms with Crippen LogP contribution in [0, 0.1) is 0 Å². The molecule has 1 heterocycles. The van der Waals surface area contributed by atoms with E-state index in [4.69, 9.17) is 10.5 Å². The molecule has 1 fully saturated rings. The van der Waals surface area contributed by atoms with E-state index >= 15 is 0 Å². The summed E-state index contributed by atoms with van der Waals surface area (Å²) in [5, 5.41) is 0. The molecule has 2 unspecified atom stereocenters. The highest BCUT2D eigenvalue weighted by Gasteiger charge is 2.28. The lowest BCUT2D eigenvalue weighted by Crippen LogP contribution is -2.52. The van der Waals surface area contributed by atoms with E-state index in [-0.39, 0.29) is 24.6 Å². The van der Waals surface area contributed by atoms with Crippen LogP contribution < -0.4 is 5.73 Å². The lowest BCUT2D eigenvalue weighted by molar-refractivity contribution is -0.140. The molecule has 0 aromatic heterocycles. The zero-order valence-corrected chi connectivity index (χ0v) is 12.1. The summed E-state index contributed by atoms with van der Waals surface area (Å²) in [6.07, 6.45) is 3.22. The van der Waals surface area contributed by atoms with Crippen molar-refractivity contribution >= 4 is 5.91 Å². The fraction of sp³-hybridized carbons (Fsp3) is 0.562. The number of likely N-dealkylation sites (tertiary alicyclic amines) is 1. The van der Waals surface area contributed by atoms with E-state index < -0.39 is 0 Å². The Hall–Kier alpha value is -1.39. The average molecular weight is 276 g/mol. The van der Waals surface area contributed by atoms with Crippen molar-refractivity contribution in [1.29, 1.82) is 0 Å². The van der Waals surface area contributed by atoms with Crippen LogP contribution in [0.3, 0.4) is 0 Å². The van der Waals surface area contributed by atoms with Gasteiger partial charge in [0.25, 0.3) is 0 Å². The van der Waals surface area contributed by atoms with Crippen molar-refractivity contribution in [2.24, 2.45) is 5.73 Å². The molecule has 0 saturated carbocycles. The van der Waals surface area contributed by atoms with E-state index in [0.29, 0.717) is 6.61 Å². The Balaban J connectivity index is 1.81. The molecule has 4 nitrogen and oxygen atoms in total. The van der Waals surface area contributed by atoms with E-state index in [1.165, 1.54) is 0 Å². The predicted molar refractivity (Wildman–Crippen MR) is 79.1 cm³/mol. The van der Waals surface area contributed by atoms with Crippen molar-refractivity contribution in [3.05, 3.63) is 35.9 Å². The van der Waals surface area contributed by atoms with Gasteiger partial charge >= 0.3 is 0 Å². The van der Waals surface area contributed by atoms with Crippen molar-refractivity contribution in [1.82, 2.24) is 4.90 Å². The molecule has 4 heteroatoms. The lowest BCUT2D eigenvalue weighted by atomic mass is 9.97. The molecular formula is C16H24N2O2. The summed E-state index contributed by atoms with van der Waals surface area (Å²) in [5.41, 5.74) is 7.07. The normalized spacial score (nSPS) is 20.7. The van der Waals surface area contributed by atoms with E-state index in [0.717, 1.165) is 31.4 Å². The second-order valence-corrected chi connectivity index (χ2v) is 5.49. The molecule has 110 valence electrons. The summed E-state index contributed by atoms with van der Waals surface area (Å²) in [6.45, 7) is 3.39. The SMILES string of the molecule is CC(N)C1CCCCN1C(=O)COCc1ccccc1. The zero-order chi connectivity index (χ0) is 14.4. The van der Waals surface area contributed by atoms with Crippen molar-refractivity contribution in [3.8, 4) is 0 Å². The Kier molecular flexibility index (Phi) is 5.56. The van der Waals surface area contributed by atoms with Gasteiger partial charge in [0.15, 0.2) is 0 Å². The van der Waals surface area contributed by atoms with E-state index in [1.54, 1.807) is 0 Å². The summed E-state index contributed by atoms with van der Waals surface area (Å²) in [6, 6.07) is 10.1. The molecule has 2 N–H and O–H groups in total. The molecule has 1 amide bonds. The number of piperidine rings is 1. The van der Waals surface area contributed by atoms with E-state index in [2.05, 4.69) is 0 Å². The third-order valence-electron chi connectivity index (χ3n) is 3.81. The number of ether oxygens (including phenoxy) is 1. The predicted octanol–water partition coefficient (Wildman–Crippen LogP) is 1.93. The minimum Gasteiger partial charge on any atom is -0.367 e. The van der Waals surface area contributed by atoms with Gasteiger partial charge in [0.1, 0.15) is 6.61 Å². The van der Waals surface area contributed by atoms with Crippen LogP contribution in [0.4, 0.5) is 0 Å². The Bertz CT molecular complexity index is 420. The Morgan fingerprint density at radius 3 is 2.85 bits per heavy atom. The fourth-order valence-corrected chi connectivity index (χ4v) is 2.73. The molecule has 1 aliphatic rings. The topological polar surface area (TPSA) is 55.6 Å². The van der Waals surface area contributed by atoms with Crippen LogP contribution in [0.2, 0.25) is 0 Å². The Labute approximate surface area is 120 Å². The number of carbonyl (C=O) groups is 1. The number of nitrogens with zero attached hydrogens (tertiary/aromatic N) is 1. The van der Waals surface area contributed by atoms with Gasteiger partial charge in [-0.05, 0) is 31.7 Å². The zero-order valence-electron chi connectivity index (χ0n) is 12.1. The minimum atomic E-state index is 0.0216. The first-order chi connectivity index (χ1) is 9.68. The van der Waals surface area contributed by atoms with Crippen molar-refractivity contribution in [2.75, 3.05) is 13.2 Å². The van der Waals surface area contributed by atoms with Crippen LogP contribution in [0.5, 0.6) is 0 Å². The highest BCUT2D eigenvalue weighted by Crippen LogP contribution is 2.19. The van der Waals surface area contributed by atoms with E-state index in [1.807, 2.05) is 42.2 Å². The van der Waals surface area contributed by atoms with Gasteiger partial charge in [0.05, 0.1) is 6.61 Å². The number of hydrogen-bond donors (Lipinski definition) is 1. The monoisotopic (exact) mass is 276 g/mol. The first kappa shape index (κ1) is 15.0. The molecule has 0 spiro atoms. The van der Waals surface area contributed by atoms with Crippen LogP contribution in [0.1, 0.15) is 31.7 Å². The minimum absolute atomic E-state index is 0.0216. The third-order valence-corrected chi connectivity index (χ3v) is 3.81. The average Bonchev–Trinajstić information content (AvgIpc) is 2.48. The molecule has 2 rings (SSSR count). The molecule has 1 aliphatic heterocycles. The highest BCUT2D eigenvalue weighted by molar-refractivity contribution is 5.78. The fourth-order valence-electron chi connectivity index (χ4n) is 2.73. The summed E-state index contributed by atoms with van der Waals surface area (Å²) in [5.74, 6) is 0.0583. The van der Waals surface area contributed by atoms with Crippen LogP contribution >= 0.6 is 0 Å². The molecule has 20 heavy (non-hydrogen) atoms. The van der Waals surface area contributed by atoms with Gasteiger partial charge < -0.3 is 15.4 Å². The van der Waals surface area contributed by atoms with Crippen LogP contribution in [-0.2, 0) is 16.1 Å². The van der Waals surface area contributed by atoms with Gasteiger partial charge in [-0.2, -0.15) is 0 Å². The number of nitrogens with two attached hydrogens (primary N) is 1. The maximum absolute atomic E-state index is 12.2. The Morgan fingerprint density at radius 1 is 1.40 bits per heavy atom. The number of amides is 1. The van der Waals surface area contributed by atoms with Crippen molar-refractivity contribution < 1.29 is 9.53 Å². The van der Waals surface area contributed by atoms with Crippen molar-refractivity contribution in [3.63, 3.8) is 0 Å². The number of rotatable bonds is 5. The van der Waals surface area contributed by atoms with Gasteiger partial charge in [-0.1, -0.05) is 30.3 Å². The standard InChI is InChI=1S/C16H24N2O2/c1-13(17)15-9-5-6-10-18(15)16(19)12-20-11-14-7-3-2-4-8-14/h2-4,7-8,13,15H,5-6,9-12,17H2,1H3. The molecule has 1 aromatic carbocycles. The summed E-state index contributed by atoms with van der Waals surface area (Å²) >= 11 is 0. The highest BCUT2D eigenvalue weighted by atomic mass is 16.5. The van der Waals surface area contributed by atoms with Crippen molar-refractivity contribution in [2.45, 2.75) is 44.9 Å². The first-order valence-electron chi connectivity index (χ1n) is 7.35. The number of hydrogen-bond acceptors (Lipinski definition) is 3. The summed E-state index contributed by atoms with van der Waals surface area (Å²) in [7, 11) is 0. The van der Waals surface area contributed by atoms with Crippen LogP contribution in [0.15, 0.2) is 30.3 Å². The second-order valence-electron chi connectivity index (χ2n) is 5.49. The largest absolute Gasteiger partial charge is 0.367 e. The number of benzene rings is 1. The second kappa shape index (κ2) is 7.41. The summed E-state index contributed by atoms with van der Waals surface area (Å²) < 4.78 is 5.53. The lowest BCUT2D eigenvalue weighted by Gasteiger charge is -2.38. The molecule has 1 saturated heterocycles. The summed E-state index contributed by atoms with van der Waals surface area (Å²) in [4.78, 5) is 14.2. The molecule has 1 aromatic rings. The maximum atomic E-state index is 12.2. The quantitative estimate of drug-likeness (QED) is 0.894. The first-order valence-corrected chi connectivity index (χ1v) is 7.35. The molecule has 0 aliphatic carbocycles. The molecule has 2 atom stereocenters. The van der Waals surface area contributed by atoms with Crippen LogP contribution in [0.25, 0.3) is 0 Å². The van der Waals surface area contributed by atoms with Gasteiger partial charge in [-0.15, -0.1) is 0 Å². The van der Waals surface area contributed by atoms with Gasteiger partial charge in [-0.25, -0.2) is 0 Å². The molecule has 0 radical (unpaired) electrons. The van der Waals surface area contributed by atoms with Gasteiger partial charge in [0, 0.05) is 18.6 Å². The third kappa shape index (κ3) is 4.05. The maximum Gasteiger partial charge on any atom is 0.248 e. The van der Waals surface area contributed by atoms with Crippen LogP contribution in [-0.4, -0.2) is 36.0 Å². The number of carbonyl (C=O) groups excluding carboxylic acids is 1. The molecule has 0 bridgehead atoms. The Morgan fingerprint density at radius 2 is 2.15 bits per heavy atom. The smallest absolute Gasteiger partial charge is 0.248 e. The molecular weight excluding hydrogens is 252 g/mol. The van der Waals surface area contributed by atoms with Gasteiger partial charge in [0.2, 0.25) is 5.91 Å². The van der Waals surface area contributed by atoms with Gasteiger partial charge in [-0.3, -0.25) is 4.79 Å².